The van der Waals surface area contributed by atoms with Crippen LogP contribution in [-0.2, 0) is 6.54 Å². The minimum absolute atomic E-state index is 0.994. The Morgan fingerprint density at radius 3 is 2.29 bits per heavy atom. The van der Waals surface area contributed by atoms with E-state index in [1.54, 1.807) is 0 Å². The van der Waals surface area contributed by atoms with Crippen molar-refractivity contribution in [1.82, 2.24) is 4.90 Å². The molecule has 1 aliphatic heterocycles. The molecule has 2 heteroatoms. The van der Waals surface area contributed by atoms with Gasteiger partial charge < -0.3 is 0 Å². The molecule has 0 saturated carbocycles. The third kappa shape index (κ3) is 6.97. The molecule has 1 saturated heterocycles. The van der Waals surface area contributed by atoms with Crippen LogP contribution in [0.3, 0.4) is 0 Å². The summed E-state index contributed by atoms with van der Waals surface area (Å²) in [7, 11) is 0. The second kappa shape index (κ2) is 10.4. The number of hydrogen-bond donors (Lipinski definition) is 0. The Balaban J connectivity index is 1.54. The summed E-state index contributed by atoms with van der Waals surface area (Å²) in [4.78, 5) is 2.63. The van der Waals surface area contributed by atoms with Crippen molar-refractivity contribution in [2.24, 2.45) is 5.92 Å². The minimum atomic E-state index is 0.994. The predicted octanol–water partition coefficient (Wildman–Crippen LogP) is 5.63. The summed E-state index contributed by atoms with van der Waals surface area (Å²) in [6, 6.07) is 10.9. The smallest absolute Gasteiger partial charge is 0.0233 e. The number of hydrogen-bond acceptors (Lipinski definition) is 1. The molecular weight excluding hydrogens is 322 g/mol. The highest BCUT2D eigenvalue weighted by Crippen LogP contribution is 2.24. The molecule has 0 bridgehead atoms. The third-order valence-electron chi connectivity index (χ3n) is 4.70. The van der Waals surface area contributed by atoms with Crippen LogP contribution in [0.15, 0.2) is 30.3 Å². The van der Waals surface area contributed by atoms with Crippen molar-refractivity contribution in [3.8, 4) is 0 Å². The molecule has 1 aromatic carbocycles. The fourth-order valence-electron chi connectivity index (χ4n) is 3.33. The Kier molecular flexibility index (Phi) is 8.43. The van der Waals surface area contributed by atoms with E-state index in [4.69, 9.17) is 0 Å². The molecule has 0 amide bonds. The van der Waals surface area contributed by atoms with E-state index in [-0.39, 0.29) is 0 Å². The first-order valence-corrected chi connectivity index (χ1v) is 9.83. The molecule has 21 heavy (non-hydrogen) atoms. The average molecular weight is 352 g/mol. The van der Waals surface area contributed by atoms with Crippen molar-refractivity contribution in [3.05, 3.63) is 35.9 Å². The summed E-state index contributed by atoms with van der Waals surface area (Å²) in [6.45, 7) is 3.73. The highest BCUT2D eigenvalue weighted by Gasteiger charge is 2.18. The molecule has 0 unspecified atom stereocenters. The molecule has 118 valence electrons. The van der Waals surface area contributed by atoms with Crippen LogP contribution in [0.1, 0.15) is 56.9 Å². The zero-order chi connectivity index (χ0) is 14.8. The molecule has 1 fully saturated rings. The van der Waals surface area contributed by atoms with Gasteiger partial charge in [-0.1, -0.05) is 78.4 Å². The van der Waals surface area contributed by atoms with E-state index in [1.807, 2.05) is 0 Å². The quantitative estimate of drug-likeness (QED) is 0.411. The normalized spacial score (nSPS) is 17.2. The standard InChI is InChI=1S/C19H30BrN/c20-14-8-3-1-2-5-9-18-12-15-21(16-13-18)17-19-10-6-4-7-11-19/h4,6-7,10-11,18H,1-3,5,8-9,12-17H2. The first kappa shape index (κ1) is 17.0. The van der Waals surface area contributed by atoms with Crippen LogP contribution >= 0.6 is 15.9 Å². The van der Waals surface area contributed by atoms with Crippen LogP contribution in [0.2, 0.25) is 0 Å². The lowest BCUT2D eigenvalue weighted by Crippen LogP contribution is -2.33. The van der Waals surface area contributed by atoms with Gasteiger partial charge in [-0.3, -0.25) is 4.90 Å². The Hall–Kier alpha value is -0.340. The molecule has 1 aliphatic rings. The van der Waals surface area contributed by atoms with Gasteiger partial charge >= 0.3 is 0 Å². The van der Waals surface area contributed by atoms with Crippen molar-refractivity contribution in [2.45, 2.75) is 57.9 Å². The Bertz CT molecular complexity index is 357. The number of alkyl halides is 1. The van der Waals surface area contributed by atoms with E-state index in [2.05, 4.69) is 51.2 Å². The number of rotatable bonds is 9. The Morgan fingerprint density at radius 1 is 0.905 bits per heavy atom. The van der Waals surface area contributed by atoms with E-state index in [1.165, 1.54) is 75.3 Å². The summed E-state index contributed by atoms with van der Waals surface area (Å²) in [5.74, 6) is 0.994. The fraction of sp³-hybridized carbons (Fsp3) is 0.684. The second-order valence-corrected chi connectivity index (χ2v) is 7.24. The van der Waals surface area contributed by atoms with Crippen LogP contribution < -0.4 is 0 Å². The maximum absolute atomic E-state index is 3.51. The van der Waals surface area contributed by atoms with Crippen molar-refractivity contribution >= 4 is 15.9 Å². The van der Waals surface area contributed by atoms with Gasteiger partial charge in [-0.25, -0.2) is 0 Å². The van der Waals surface area contributed by atoms with E-state index in [0.29, 0.717) is 0 Å². The van der Waals surface area contributed by atoms with Gasteiger partial charge in [0.05, 0.1) is 0 Å². The maximum Gasteiger partial charge on any atom is 0.0233 e. The van der Waals surface area contributed by atoms with E-state index in [0.717, 1.165) is 12.5 Å². The first-order chi connectivity index (χ1) is 10.4. The largest absolute Gasteiger partial charge is 0.299 e. The van der Waals surface area contributed by atoms with Gasteiger partial charge in [0.2, 0.25) is 0 Å². The van der Waals surface area contributed by atoms with Crippen LogP contribution in [0.4, 0.5) is 0 Å². The number of piperidine rings is 1. The third-order valence-corrected chi connectivity index (χ3v) is 5.26. The summed E-state index contributed by atoms with van der Waals surface area (Å²) >= 11 is 3.51. The monoisotopic (exact) mass is 351 g/mol. The number of likely N-dealkylation sites (tertiary alicyclic amines) is 1. The second-order valence-electron chi connectivity index (χ2n) is 6.45. The van der Waals surface area contributed by atoms with Crippen LogP contribution in [0.5, 0.6) is 0 Å². The molecule has 0 aliphatic carbocycles. The SMILES string of the molecule is BrCCCCCCCC1CCN(Cc2ccccc2)CC1. The van der Waals surface area contributed by atoms with Gasteiger partial charge in [-0.15, -0.1) is 0 Å². The molecular formula is C19H30BrN. The topological polar surface area (TPSA) is 3.24 Å². The zero-order valence-electron chi connectivity index (χ0n) is 13.3. The number of halogens is 1. The van der Waals surface area contributed by atoms with E-state index < -0.39 is 0 Å². The van der Waals surface area contributed by atoms with Crippen LogP contribution in [0, 0.1) is 5.92 Å². The van der Waals surface area contributed by atoms with E-state index >= 15 is 0 Å². The molecule has 0 radical (unpaired) electrons. The van der Waals surface area contributed by atoms with Gasteiger partial charge in [-0.05, 0) is 43.8 Å². The summed E-state index contributed by atoms with van der Waals surface area (Å²) in [5, 5.41) is 1.17. The highest BCUT2D eigenvalue weighted by atomic mass is 79.9. The summed E-state index contributed by atoms with van der Waals surface area (Å²) in [5.41, 5.74) is 1.46. The molecule has 0 atom stereocenters. The lowest BCUT2D eigenvalue weighted by molar-refractivity contribution is 0.170. The number of benzene rings is 1. The van der Waals surface area contributed by atoms with Gasteiger partial charge in [-0.2, -0.15) is 0 Å². The fourth-order valence-corrected chi connectivity index (χ4v) is 3.73. The first-order valence-electron chi connectivity index (χ1n) is 8.70. The Morgan fingerprint density at radius 2 is 1.57 bits per heavy atom. The lowest BCUT2D eigenvalue weighted by Gasteiger charge is -2.32. The van der Waals surface area contributed by atoms with Gasteiger partial charge in [0.15, 0.2) is 0 Å². The molecule has 1 aromatic rings. The lowest BCUT2D eigenvalue weighted by atomic mass is 9.91. The summed E-state index contributed by atoms with van der Waals surface area (Å²) < 4.78 is 0. The molecule has 1 nitrogen and oxygen atoms in total. The van der Waals surface area contributed by atoms with Crippen LogP contribution in [-0.4, -0.2) is 23.3 Å². The molecule has 2 rings (SSSR count). The van der Waals surface area contributed by atoms with Crippen molar-refractivity contribution in [1.29, 1.82) is 0 Å². The number of unbranched alkanes of at least 4 members (excludes halogenated alkanes) is 4. The van der Waals surface area contributed by atoms with Crippen molar-refractivity contribution in [2.75, 3.05) is 18.4 Å². The summed E-state index contributed by atoms with van der Waals surface area (Å²) in [6.07, 6.45) is 11.4. The van der Waals surface area contributed by atoms with Crippen LogP contribution in [0.25, 0.3) is 0 Å². The average Bonchev–Trinajstić information content (AvgIpc) is 2.53. The molecule has 1 heterocycles. The molecule has 0 N–H and O–H groups in total. The van der Waals surface area contributed by atoms with Crippen molar-refractivity contribution < 1.29 is 0 Å². The maximum atomic E-state index is 3.51. The van der Waals surface area contributed by atoms with E-state index in [9.17, 15) is 0 Å². The van der Waals surface area contributed by atoms with Gasteiger partial charge in [0, 0.05) is 11.9 Å². The minimum Gasteiger partial charge on any atom is -0.299 e. The Labute approximate surface area is 139 Å². The highest BCUT2D eigenvalue weighted by molar-refractivity contribution is 9.09. The predicted molar refractivity (Wildman–Crippen MR) is 95.9 cm³/mol. The van der Waals surface area contributed by atoms with Gasteiger partial charge in [0.25, 0.3) is 0 Å². The number of nitrogens with zero attached hydrogens (tertiary/aromatic N) is 1. The zero-order valence-corrected chi connectivity index (χ0v) is 14.9. The van der Waals surface area contributed by atoms with Gasteiger partial charge in [0.1, 0.15) is 0 Å². The van der Waals surface area contributed by atoms with Crippen molar-refractivity contribution in [3.63, 3.8) is 0 Å². The molecule has 0 spiro atoms. The molecule has 0 aromatic heterocycles.